The number of anilines is 1. The fraction of sp³-hybridized carbons (Fsp3) is 0.550. The molecule has 0 bridgehead atoms. The highest BCUT2D eigenvalue weighted by Gasteiger charge is 2.32. The zero-order valence-electron chi connectivity index (χ0n) is 16.4. The van der Waals surface area contributed by atoms with Gasteiger partial charge < -0.3 is 15.2 Å². The first-order valence-electron chi connectivity index (χ1n) is 9.65. The van der Waals surface area contributed by atoms with Crippen molar-refractivity contribution in [2.24, 2.45) is 12.8 Å². The summed E-state index contributed by atoms with van der Waals surface area (Å²) in [4.78, 5) is 16.8. The molecule has 144 valence electrons. The lowest BCUT2D eigenvalue weighted by Gasteiger charge is -2.34. The number of benzene rings is 1. The summed E-state index contributed by atoms with van der Waals surface area (Å²) in [5, 5.41) is 8.74. The molecule has 2 N–H and O–H groups in total. The SMILES string of the molecule is Cc1cc(C)cc(N2CCN(Cc3nnc(C4CC(N)C4)n3C)CC2=O)c1. The van der Waals surface area contributed by atoms with Crippen LogP contribution in [0, 0.1) is 13.8 Å². The van der Waals surface area contributed by atoms with Crippen LogP contribution in [0.25, 0.3) is 0 Å². The molecule has 2 aromatic rings. The van der Waals surface area contributed by atoms with Gasteiger partial charge in [-0.3, -0.25) is 9.69 Å². The van der Waals surface area contributed by atoms with Gasteiger partial charge in [-0.05, 0) is 49.9 Å². The lowest BCUT2D eigenvalue weighted by molar-refractivity contribution is -0.121. The number of rotatable bonds is 4. The molecule has 0 spiro atoms. The van der Waals surface area contributed by atoms with Crippen molar-refractivity contribution < 1.29 is 4.79 Å². The van der Waals surface area contributed by atoms with Crippen molar-refractivity contribution in [3.8, 4) is 0 Å². The van der Waals surface area contributed by atoms with E-state index in [4.69, 9.17) is 5.73 Å². The Morgan fingerprint density at radius 3 is 2.44 bits per heavy atom. The van der Waals surface area contributed by atoms with Gasteiger partial charge in [0.05, 0.1) is 13.1 Å². The van der Waals surface area contributed by atoms with Crippen molar-refractivity contribution >= 4 is 11.6 Å². The first-order valence-corrected chi connectivity index (χ1v) is 9.65. The zero-order valence-corrected chi connectivity index (χ0v) is 16.4. The van der Waals surface area contributed by atoms with Gasteiger partial charge in [0.15, 0.2) is 0 Å². The smallest absolute Gasteiger partial charge is 0.241 e. The molecule has 1 saturated carbocycles. The molecule has 2 fully saturated rings. The molecule has 1 aliphatic carbocycles. The molecule has 7 nitrogen and oxygen atoms in total. The van der Waals surface area contributed by atoms with Gasteiger partial charge in [0.1, 0.15) is 11.6 Å². The monoisotopic (exact) mass is 368 g/mol. The van der Waals surface area contributed by atoms with Crippen molar-refractivity contribution in [1.82, 2.24) is 19.7 Å². The van der Waals surface area contributed by atoms with E-state index in [1.807, 2.05) is 11.9 Å². The van der Waals surface area contributed by atoms with E-state index in [-0.39, 0.29) is 5.91 Å². The van der Waals surface area contributed by atoms with Crippen LogP contribution in [0.1, 0.15) is 41.5 Å². The maximum absolute atomic E-state index is 12.7. The van der Waals surface area contributed by atoms with Crippen molar-refractivity contribution in [2.75, 3.05) is 24.5 Å². The fourth-order valence-corrected chi connectivity index (χ4v) is 4.18. The van der Waals surface area contributed by atoms with E-state index >= 15 is 0 Å². The highest BCUT2D eigenvalue weighted by molar-refractivity contribution is 5.95. The number of carbonyl (C=O) groups is 1. The molecule has 0 radical (unpaired) electrons. The van der Waals surface area contributed by atoms with Gasteiger partial charge >= 0.3 is 0 Å². The Kier molecular flexibility index (Phi) is 4.74. The number of aryl methyl sites for hydroxylation is 2. The third-order valence-electron chi connectivity index (χ3n) is 5.72. The third-order valence-corrected chi connectivity index (χ3v) is 5.72. The minimum Gasteiger partial charge on any atom is -0.328 e. The number of hydrogen-bond acceptors (Lipinski definition) is 5. The summed E-state index contributed by atoms with van der Waals surface area (Å²) in [6, 6.07) is 6.59. The van der Waals surface area contributed by atoms with Gasteiger partial charge in [-0.15, -0.1) is 10.2 Å². The van der Waals surface area contributed by atoms with Crippen LogP contribution in [0.4, 0.5) is 5.69 Å². The molecule has 1 amide bonds. The van der Waals surface area contributed by atoms with Crippen LogP contribution in [0.3, 0.4) is 0 Å². The molecule has 4 rings (SSSR count). The van der Waals surface area contributed by atoms with Crippen LogP contribution in [0.15, 0.2) is 18.2 Å². The Hall–Kier alpha value is -2.25. The Morgan fingerprint density at radius 2 is 1.81 bits per heavy atom. The average molecular weight is 368 g/mol. The molecule has 27 heavy (non-hydrogen) atoms. The number of carbonyl (C=O) groups excluding carboxylic acids is 1. The highest BCUT2D eigenvalue weighted by atomic mass is 16.2. The summed E-state index contributed by atoms with van der Waals surface area (Å²) in [7, 11) is 2.02. The van der Waals surface area contributed by atoms with E-state index in [2.05, 4.69) is 51.7 Å². The quantitative estimate of drug-likeness (QED) is 0.884. The van der Waals surface area contributed by atoms with Crippen molar-refractivity contribution in [3.63, 3.8) is 0 Å². The molecule has 1 aromatic heterocycles. The van der Waals surface area contributed by atoms with Gasteiger partial charge in [0, 0.05) is 37.8 Å². The van der Waals surface area contributed by atoms with Gasteiger partial charge in [-0.25, -0.2) is 0 Å². The molecule has 1 aromatic carbocycles. The molecule has 0 atom stereocenters. The second-order valence-electron chi connectivity index (χ2n) is 8.06. The Morgan fingerprint density at radius 1 is 1.11 bits per heavy atom. The second-order valence-corrected chi connectivity index (χ2v) is 8.06. The van der Waals surface area contributed by atoms with E-state index in [9.17, 15) is 4.79 Å². The molecule has 0 unspecified atom stereocenters. The molecule has 1 aliphatic heterocycles. The third kappa shape index (κ3) is 3.61. The lowest BCUT2D eigenvalue weighted by atomic mass is 9.80. The maximum atomic E-state index is 12.7. The van der Waals surface area contributed by atoms with Crippen molar-refractivity contribution in [2.45, 2.75) is 45.2 Å². The summed E-state index contributed by atoms with van der Waals surface area (Å²) in [6.07, 6.45) is 1.97. The first-order chi connectivity index (χ1) is 12.9. The fourth-order valence-electron chi connectivity index (χ4n) is 4.18. The molecule has 2 heterocycles. The number of hydrogen-bond donors (Lipinski definition) is 1. The highest BCUT2D eigenvalue weighted by Crippen LogP contribution is 2.34. The van der Waals surface area contributed by atoms with E-state index in [1.165, 1.54) is 11.1 Å². The molecule has 7 heteroatoms. The molecular formula is C20H28N6O. The molecule has 2 aliphatic rings. The van der Waals surface area contributed by atoms with Crippen LogP contribution < -0.4 is 10.6 Å². The van der Waals surface area contributed by atoms with Crippen LogP contribution in [0.5, 0.6) is 0 Å². The van der Waals surface area contributed by atoms with Crippen LogP contribution in [0.2, 0.25) is 0 Å². The largest absolute Gasteiger partial charge is 0.328 e. The lowest BCUT2D eigenvalue weighted by Crippen LogP contribution is -2.50. The van der Waals surface area contributed by atoms with Crippen LogP contribution in [-0.2, 0) is 18.4 Å². The van der Waals surface area contributed by atoms with Crippen LogP contribution in [-0.4, -0.2) is 51.2 Å². The Labute approximate surface area is 160 Å². The topological polar surface area (TPSA) is 80.3 Å². The Bertz CT molecular complexity index is 834. The number of nitrogens with two attached hydrogens (primary N) is 1. The molecular weight excluding hydrogens is 340 g/mol. The number of nitrogens with zero attached hydrogens (tertiary/aromatic N) is 5. The van der Waals surface area contributed by atoms with Gasteiger partial charge in [-0.2, -0.15) is 0 Å². The van der Waals surface area contributed by atoms with Gasteiger partial charge in [0.2, 0.25) is 5.91 Å². The zero-order chi connectivity index (χ0) is 19.1. The average Bonchev–Trinajstić information content (AvgIpc) is 2.92. The standard InChI is InChI=1S/C20H28N6O/c1-13-6-14(2)8-17(7-13)26-5-4-25(12-19(26)27)11-18-22-23-20(24(18)3)15-9-16(21)10-15/h6-8,15-16H,4-5,9-12,21H2,1-3H3. The first kappa shape index (κ1) is 18.1. The summed E-state index contributed by atoms with van der Waals surface area (Å²) >= 11 is 0. The normalized spacial score (nSPS) is 23.6. The van der Waals surface area contributed by atoms with Gasteiger partial charge in [-0.1, -0.05) is 6.07 Å². The van der Waals surface area contributed by atoms with Crippen LogP contribution >= 0.6 is 0 Å². The van der Waals surface area contributed by atoms with E-state index in [0.717, 1.165) is 36.7 Å². The van der Waals surface area contributed by atoms with Crippen molar-refractivity contribution in [3.05, 3.63) is 41.0 Å². The minimum atomic E-state index is 0.138. The summed E-state index contributed by atoms with van der Waals surface area (Å²) < 4.78 is 2.08. The van der Waals surface area contributed by atoms with E-state index < -0.39 is 0 Å². The van der Waals surface area contributed by atoms with E-state index in [0.29, 0.717) is 31.6 Å². The summed E-state index contributed by atoms with van der Waals surface area (Å²) in [5.74, 6) is 2.50. The second kappa shape index (κ2) is 7.05. The van der Waals surface area contributed by atoms with E-state index in [1.54, 1.807) is 0 Å². The van der Waals surface area contributed by atoms with Gasteiger partial charge in [0.25, 0.3) is 0 Å². The number of amides is 1. The summed E-state index contributed by atoms with van der Waals surface area (Å²) in [6.45, 7) is 6.72. The minimum absolute atomic E-state index is 0.138. The maximum Gasteiger partial charge on any atom is 0.241 e. The Balaban J connectivity index is 1.41. The number of aromatic nitrogens is 3. The van der Waals surface area contributed by atoms with Crippen molar-refractivity contribution in [1.29, 1.82) is 0 Å². The number of piperazine rings is 1. The molecule has 1 saturated heterocycles. The summed E-state index contributed by atoms with van der Waals surface area (Å²) in [5.41, 5.74) is 9.26. The predicted octanol–water partition coefficient (Wildman–Crippen LogP) is 1.49. The predicted molar refractivity (Wildman–Crippen MR) is 104 cm³/mol.